The lowest BCUT2D eigenvalue weighted by Crippen LogP contribution is -2.01. The van der Waals surface area contributed by atoms with Gasteiger partial charge in [-0.15, -0.1) is 0 Å². The van der Waals surface area contributed by atoms with Crippen molar-refractivity contribution in [3.63, 3.8) is 0 Å². The van der Waals surface area contributed by atoms with E-state index in [2.05, 4.69) is 16.7 Å². The Labute approximate surface area is 146 Å². The molecule has 0 atom stereocenters. The SMILES string of the molecule is C=C(c1cc(OC)c(OC)c(OC)c1)c1cccc(-n2cccn2)n1. The van der Waals surface area contributed by atoms with Crippen LogP contribution in [-0.2, 0) is 0 Å². The molecule has 25 heavy (non-hydrogen) atoms. The van der Waals surface area contributed by atoms with Crippen LogP contribution in [0.1, 0.15) is 11.3 Å². The number of hydrogen-bond donors (Lipinski definition) is 0. The summed E-state index contributed by atoms with van der Waals surface area (Å²) in [5.74, 6) is 2.40. The highest BCUT2D eigenvalue weighted by Crippen LogP contribution is 2.40. The molecule has 0 fully saturated rings. The van der Waals surface area contributed by atoms with Gasteiger partial charge in [0.25, 0.3) is 0 Å². The van der Waals surface area contributed by atoms with Crippen molar-refractivity contribution in [3.8, 4) is 23.1 Å². The van der Waals surface area contributed by atoms with Crippen molar-refractivity contribution in [1.82, 2.24) is 14.8 Å². The van der Waals surface area contributed by atoms with Crippen molar-refractivity contribution in [2.45, 2.75) is 0 Å². The van der Waals surface area contributed by atoms with Crippen LogP contribution in [-0.4, -0.2) is 36.1 Å². The van der Waals surface area contributed by atoms with Gasteiger partial charge in [0.1, 0.15) is 0 Å². The first-order valence-electron chi connectivity index (χ1n) is 7.64. The lowest BCUT2D eigenvalue weighted by Gasteiger charge is -2.15. The normalized spacial score (nSPS) is 10.4. The van der Waals surface area contributed by atoms with Crippen LogP contribution < -0.4 is 14.2 Å². The maximum Gasteiger partial charge on any atom is 0.203 e. The van der Waals surface area contributed by atoms with Gasteiger partial charge in [-0.3, -0.25) is 0 Å². The van der Waals surface area contributed by atoms with Gasteiger partial charge in [-0.1, -0.05) is 12.6 Å². The molecule has 0 saturated heterocycles. The van der Waals surface area contributed by atoms with Gasteiger partial charge < -0.3 is 14.2 Å². The van der Waals surface area contributed by atoms with Crippen LogP contribution in [0.15, 0.2) is 55.4 Å². The standard InChI is InChI=1S/C19H19N3O3/c1-13(14-11-16(23-2)19(25-4)17(12-14)24-3)15-7-5-8-18(21-15)22-10-6-9-20-22/h5-12H,1H2,2-4H3. The minimum Gasteiger partial charge on any atom is -0.493 e. The van der Waals surface area contributed by atoms with Gasteiger partial charge in [0, 0.05) is 18.0 Å². The second-order valence-electron chi connectivity index (χ2n) is 5.22. The van der Waals surface area contributed by atoms with Gasteiger partial charge in [0.2, 0.25) is 5.75 Å². The first kappa shape index (κ1) is 16.6. The van der Waals surface area contributed by atoms with Gasteiger partial charge in [0.15, 0.2) is 17.3 Å². The third kappa shape index (κ3) is 3.19. The minimum atomic E-state index is 0.541. The van der Waals surface area contributed by atoms with Crippen LogP contribution in [0.5, 0.6) is 17.2 Å². The quantitative estimate of drug-likeness (QED) is 0.690. The fourth-order valence-corrected chi connectivity index (χ4v) is 2.53. The van der Waals surface area contributed by atoms with Crippen LogP contribution in [0.3, 0.4) is 0 Å². The number of methoxy groups -OCH3 is 3. The predicted octanol–water partition coefficient (Wildman–Crippen LogP) is 3.35. The largest absolute Gasteiger partial charge is 0.493 e. The Bertz CT molecular complexity index is 864. The van der Waals surface area contributed by atoms with Gasteiger partial charge in [-0.25, -0.2) is 9.67 Å². The molecule has 6 heteroatoms. The van der Waals surface area contributed by atoms with Gasteiger partial charge in [-0.2, -0.15) is 5.10 Å². The Morgan fingerprint density at radius 2 is 1.72 bits per heavy atom. The number of hydrogen-bond acceptors (Lipinski definition) is 5. The molecule has 0 radical (unpaired) electrons. The molecule has 0 amide bonds. The molecule has 0 aliphatic carbocycles. The summed E-state index contributed by atoms with van der Waals surface area (Å²) >= 11 is 0. The lowest BCUT2D eigenvalue weighted by atomic mass is 10.0. The predicted molar refractivity (Wildman–Crippen MR) is 95.6 cm³/mol. The lowest BCUT2D eigenvalue weighted by molar-refractivity contribution is 0.324. The van der Waals surface area contributed by atoms with E-state index in [9.17, 15) is 0 Å². The van der Waals surface area contributed by atoms with E-state index < -0.39 is 0 Å². The van der Waals surface area contributed by atoms with E-state index >= 15 is 0 Å². The summed E-state index contributed by atoms with van der Waals surface area (Å²) in [6, 6.07) is 11.3. The molecule has 0 aliphatic rings. The van der Waals surface area contributed by atoms with E-state index in [0.717, 1.165) is 22.6 Å². The molecule has 3 rings (SSSR count). The van der Waals surface area contributed by atoms with E-state index in [4.69, 9.17) is 14.2 Å². The molecular formula is C19H19N3O3. The number of benzene rings is 1. The van der Waals surface area contributed by atoms with Crippen molar-refractivity contribution in [1.29, 1.82) is 0 Å². The van der Waals surface area contributed by atoms with E-state index in [-0.39, 0.29) is 0 Å². The van der Waals surface area contributed by atoms with Gasteiger partial charge >= 0.3 is 0 Å². The van der Waals surface area contributed by atoms with E-state index in [1.807, 2.05) is 42.6 Å². The number of nitrogens with zero attached hydrogens (tertiary/aromatic N) is 3. The van der Waals surface area contributed by atoms with E-state index in [0.29, 0.717) is 17.2 Å². The summed E-state index contributed by atoms with van der Waals surface area (Å²) in [4.78, 5) is 4.63. The van der Waals surface area contributed by atoms with Crippen molar-refractivity contribution in [2.24, 2.45) is 0 Å². The summed E-state index contributed by atoms with van der Waals surface area (Å²) < 4.78 is 17.9. The number of ether oxygens (including phenoxy) is 3. The smallest absolute Gasteiger partial charge is 0.203 e. The number of pyridine rings is 1. The fraction of sp³-hybridized carbons (Fsp3) is 0.158. The fourth-order valence-electron chi connectivity index (χ4n) is 2.53. The highest BCUT2D eigenvalue weighted by Gasteiger charge is 2.16. The zero-order valence-electron chi connectivity index (χ0n) is 14.4. The average Bonchev–Trinajstić information content (AvgIpc) is 3.21. The molecule has 2 heterocycles. The average molecular weight is 337 g/mol. The second-order valence-corrected chi connectivity index (χ2v) is 5.22. The molecule has 0 N–H and O–H groups in total. The molecule has 0 spiro atoms. The van der Waals surface area contributed by atoms with Crippen molar-refractivity contribution in [3.05, 3.63) is 66.6 Å². The summed E-state index contributed by atoms with van der Waals surface area (Å²) in [5.41, 5.74) is 2.31. The Kier molecular flexibility index (Phi) is 4.70. The van der Waals surface area contributed by atoms with Crippen LogP contribution in [0, 0.1) is 0 Å². The zero-order valence-corrected chi connectivity index (χ0v) is 14.4. The molecule has 0 unspecified atom stereocenters. The Morgan fingerprint density at radius 3 is 2.28 bits per heavy atom. The molecule has 3 aromatic rings. The molecule has 1 aromatic carbocycles. The highest BCUT2D eigenvalue weighted by molar-refractivity contribution is 5.79. The summed E-state index contributed by atoms with van der Waals surface area (Å²) in [5, 5.41) is 4.21. The molecule has 0 aliphatic heterocycles. The minimum absolute atomic E-state index is 0.541. The van der Waals surface area contributed by atoms with Crippen LogP contribution in [0.4, 0.5) is 0 Å². The van der Waals surface area contributed by atoms with E-state index in [1.165, 1.54) is 0 Å². The highest BCUT2D eigenvalue weighted by atomic mass is 16.5. The first-order chi connectivity index (χ1) is 12.2. The Balaban J connectivity index is 2.02. The van der Waals surface area contributed by atoms with Crippen LogP contribution >= 0.6 is 0 Å². The monoisotopic (exact) mass is 337 g/mol. The maximum atomic E-state index is 5.41. The van der Waals surface area contributed by atoms with Crippen molar-refractivity contribution < 1.29 is 14.2 Å². The molecule has 2 aromatic heterocycles. The summed E-state index contributed by atoms with van der Waals surface area (Å²) in [6.07, 6.45) is 3.55. The van der Waals surface area contributed by atoms with Crippen molar-refractivity contribution in [2.75, 3.05) is 21.3 Å². The third-order valence-electron chi connectivity index (χ3n) is 3.80. The topological polar surface area (TPSA) is 58.4 Å². The van der Waals surface area contributed by atoms with Gasteiger partial charge in [-0.05, 0) is 35.9 Å². The Morgan fingerprint density at radius 1 is 1.00 bits per heavy atom. The molecule has 128 valence electrons. The van der Waals surface area contributed by atoms with Gasteiger partial charge in [0.05, 0.1) is 27.0 Å². The molecule has 6 nitrogen and oxygen atoms in total. The third-order valence-corrected chi connectivity index (χ3v) is 3.80. The number of rotatable bonds is 6. The molecular weight excluding hydrogens is 318 g/mol. The van der Waals surface area contributed by atoms with E-state index in [1.54, 1.807) is 32.2 Å². The first-order valence-corrected chi connectivity index (χ1v) is 7.64. The molecule has 0 saturated carbocycles. The second kappa shape index (κ2) is 7.09. The van der Waals surface area contributed by atoms with Crippen LogP contribution in [0.25, 0.3) is 11.4 Å². The molecule has 0 bridgehead atoms. The van der Waals surface area contributed by atoms with Crippen molar-refractivity contribution >= 4 is 5.57 Å². The van der Waals surface area contributed by atoms with Crippen LogP contribution in [0.2, 0.25) is 0 Å². The summed E-state index contributed by atoms with van der Waals surface area (Å²) in [6.45, 7) is 4.18. The zero-order chi connectivity index (χ0) is 17.8. The summed E-state index contributed by atoms with van der Waals surface area (Å²) in [7, 11) is 4.74. The Hall–Kier alpha value is -3.28. The number of aromatic nitrogens is 3. The maximum absolute atomic E-state index is 5.41.